The third-order valence-electron chi connectivity index (χ3n) is 2.99. The van der Waals surface area contributed by atoms with Crippen molar-refractivity contribution < 1.29 is 0 Å². The average Bonchev–Trinajstić information content (AvgIpc) is 2.83. The highest BCUT2D eigenvalue weighted by molar-refractivity contribution is 9.10. The molecular formula is C15H19BrClN3. The van der Waals surface area contributed by atoms with Gasteiger partial charge in [0.2, 0.25) is 0 Å². The topological polar surface area (TPSA) is 40.7 Å². The molecule has 5 heteroatoms. The third kappa shape index (κ3) is 4.33. The molecule has 2 N–H and O–H groups in total. The van der Waals surface area contributed by atoms with Gasteiger partial charge in [-0.15, -0.1) is 0 Å². The number of aromatic nitrogens is 2. The van der Waals surface area contributed by atoms with Gasteiger partial charge in [-0.1, -0.05) is 47.4 Å². The van der Waals surface area contributed by atoms with Crippen LogP contribution in [0.25, 0.3) is 11.3 Å². The van der Waals surface area contributed by atoms with E-state index in [1.165, 1.54) is 0 Å². The van der Waals surface area contributed by atoms with Gasteiger partial charge in [-0.3, -0.25) is 0 Å². The SMILES string of the molecule is CC(C)NCCCc1ncc(-c2ccc(Br)cc2Cl)[nH]1. The van der Waals surface area contributed by atoms with Crippen LogP contribution >= 0.6 is 27.5 Å². The molecule has 0 aliphatic rings. The van der Waals surface area contributed by atoms with E-state index >= 15 is 0 Å². The summed E-state index contributed by atoms with van der Waals surface area (Å²) in [4.78, 5) is 7.76. The van der Waals surface area contributed by atoms with Gasteiger partial charge in [0.05, 0.1) is 16.9 Å². The molecule has 0 saturated carbocycles. The summed E-state index contributed by atoms with van der Waals surface area (Å²) in [5.41, 5.74) is 1.95. The van der Waals surface area contributed by atoms with E-state index in [0.717, 1.165) is 46.0 Å². The van der Waals surface area contributed by atoms with E-state index in [-0.39, 0.29) is 0 Å². The summed E-state index contributed by atoms with van der Waals surface area (Å²) in [6.45, 7) is 5.31. The van der Waals surface area contributed by atoms with Crippen LogP contribution < -0.4 is 5.32 Å². The normalized spacial score (nSPS) is 11.2. The van der Waals surface area contributed by atoms with Crippen LogP contribution in [0.2, 0.25) is 5.02 Å². The highest BCUT2D eigenvalue weighted by Crippen LogP contribution is 2.29. The van der Waals surface area contributed by atoms with E-state index in [0.29, 0.717) is 6.04 Å². The Labute approximate surface area is 133 Å². The predicted molar refractivity (Wildman–Crippen MR) is 88.2 cm³/mol. The molecule has 108 valence electrons. The van der Waals surface area contributed by atoms with Gasteiger partial charge >= 0.3 is 0 Å². The zero-order valence-corrected chi connectivity index (χ0v) is 14.1. The minimum absolute atomic E-state index is 0.531. The Morgan fingerprint density at radius 1 is 1.40 bits per heavy atom. The molecule has 0 fully saturated rings. The Balaban J connectivity index is 1.98. The number of hydrogen-bond acceptors (Lipinski definition) is 2. The lowest BCUT2D eigenvalue weighted by atomic mass is 10.2. The van der Waals surface area contributed by atoms with Gasteiger partial charge in [0.15, 0.2) is 0 Å². The molecule has 1 aromatic heterocycles. The van der Waals surface area contributed by atoms with Gasteiger partial charge in [-0.05, 0) is 25.1 Å². The molecule has 1 aromatic carbocycles. The van der Waals surface area contributed by atoms with Gasteiger partial charge in [-0.2, -0.15) is 0 Å². The van der Waals surface area contributed by atoms with Crippen molar-refractivity contribution in [2.45, 2.75) is 32.7 Å². The van der Waals surface area contributed by atoms with Gasteiger partial charge in [0.25, 0.3) is 0 Å². The first-order chi connectivity index (χ1) is 9.56. The number of halogens is 2. The first-order valence-corrected chi connectivity index (χ1v) is 7.96. The fourth-order valence-corrected chi connectivity index (χ4v) is 2.76. The van der Waals surface area contributed by atoms with Gasteiger partial charge in [-0.25, -0.2) is 4.98 Å². The summed E-state index contributed by atoms with van der Waals surface area (Å²) >= 11 is 9.66. The fourth-order valence-electron chi connectivity index (χ4n) is 1.98. The van der Waals surface area contributed by atoms with Crippen LogP contribution in [0.15, 0.2) is 28.9 Å². The second kappa shape index (κ2) is 7.25. The predicted octanol–water partition coefficient (Wildman–Crippen LogP) is 4.42. The van der Waals surface area contributed by atoms with E-state index < -0.39 is 0 Å². The maximum atomic E-state index is 6.25. The van der Waals surface area contributed by atoms with E-state index in [1.54, 1.807) is 0 Å². The van der Waals surface area contributed by atoms with Crippen molar-refractivity contribution in [3.05, 3.63) is 39.7 Å². The van der Waals surface area contributed by atoms with Crippen LogP contribution in [-0.4, -0.2) is 22.6 Å². The standard InChI is InChI=1S/C15H19BrClN3/c1-10(2)18-7-3-4-15-19-9-14(20-15)12-6-5-11(16)8-13(12)17/h5-6,8-10,18H,3-4,7H2,1-2H3,(H,19,20). The number of rotatable bonds is 6. The van der Waals surface area contributed by atoms with E-state index in [1.807, 2.05) is 24.4 Å². The van der Waals surface area contributed by atoms with Gasteiger partial charge < -0.3 is 10.3 Å². The summed E-state index contributed by atoms with van der Waals surface area (Å²) in [6.07, 6.45) is 3.85. The Morgan fingerprint density at radius 2 is 2.20 bits per heavy atom. The minimum Gasteiger partial charge on any atom is -0.342 e. The molecular weight excluding hydrogens is 338 g/mol. The molecule has 0 unspecified atom stereocenters. The second-order valence-corrected chi connectivity index (χ2v) is 6.40. The minimum atomic E-state index is 0.531. The van der Waals surface area contributed by atoms with Crippen molar-refractivity contribution >= 4 is 27.5 Å². The number of aryl methyl sites for hydroxylation is 1. The summed E-state index contributed by atoms with van der Waals surface area (Å²) in [5.74, 6) is 1.00. The molecule has 1 heterocycles. The largest absolute Gasteiger partial charge is 0.342 e. The zero-order chi connectivity index (χ0) is 14.5. The zero-order valence-electron chi connectivity index (χ0n) is 11.7. The Kier molecular flexibility index (Phi) is 5.64. The number of H-pyrrole nitrogens is 1. The second-order valence-electron chi connectivity index (χ2n) is 5.08. The first kappa shape index (κ1) is 15.5. The van der Waals surface area contributed by atoms with Crippen molar-refractivity contribution in [3.63, 3.8) is 0 Å². The number of imidazole rings is 1. The Bertz CT molecular complexity index is 566. The van der Waals surface area contributed by atoms with Crippen LogP contribution in [0, 0.1) is 0 Å². The molecule has 20 heavy (non-hydrogen) atoms. The van der Waals surface area contributed by atoms with Crippen molar-refractivity contribution in [1.29, 1.82) is 0 Å². The number of nitrogens with zero attached hydrogens (tertiary/aromatic N) is 1. The quantitative estimate of drug-likeness (QED) is 0.752. The number of hydrogen-bond donors (Lipinski definition) is 2. The molecule has 0 aliphatic heterocycles. The summed E-state index contributed by atoms with van der Waals surface area (Å²) in [5, 5.41) is 4.12. The lowest BCUT2D eigenvalue weighted by molar-refractivity contribution is 0.567. The highest BCUT2D eigenvalue weighted by atomic mass is 79.9. The molecule has 3 nitrogen and oxygen atoms in total. The monoisotopic (exact) mass is 355 g/mol. The van der Waals surface area contributed by atoms with E-state index in [4.69, 9.17) is 11.6 Å². The van der Waals surface area contributed by atoms with Crippen molar-refractivity contribution in [2.75, 3.05) is 6.54 Å². The third-order valence-corrected chi connectivity index (χ3v) is 3.80. The molecule has 0 atom stereocenters. The molecule has 0 spiro atoms. The molecule has 2 rings (SSSR count). The van der Waals surface area contributed by atoms with E-state index in [2.05, 4.69) is 45.1 Å². The lowest BCUT2D eigenvalue weighted by Crippen LogP contribution is -2.24. The maximum absolute atomic E-state index is 6.25. The van der Waals surface area contributed by atoms with Crippen LogP contribution in [0.3, 0.4) is 0 Å². The lowest BCUT2D eigenvalue weighted by Gasteiger charge is -2.06. The fraction of sp³-hybridized carbons (Fsp3) is 0.400. The molecule has 0 saturated heterocycles. The molecule has 0 bridgehead atoms. The number of benzene rings is 1. The molecule has 0 aliphatic carbocycles. The van der Waals surface area contributed by atoms with Crippen LogP contribution in [0.1, 0.15) is 26.1 Å². The number of nitrogens with one attached hydrogen (secondary N) is 2. The summed E-state index contributed by atoms with van der Waals surface area (Å²) in [7, 11) is 0. The first-order valence-electron chi connectivity index (χ1n) is 6.79. The Hall–Kier alpha value is -0.840. The molecule has 0 radical (unpaired) electrons. The maximum Gasteiger partial charge on any atom is 0.106 e. The van der Waals surface area contributed by atoms with E-state index in [9.17, 15) is 0 Å². The van der Waals surface area contributed by atoms with Crippen LogP contribution in [0.5, 0.6) is 0 Å². The van der Waals surface area contributed by atoms with Crippen molar-refractivity contribution in [2.24, 2.45) is 0 Å². The average molecular weight is 357 g/mol. The summed E-state index contributed by atoms with van der Waals surface area (Å²) in [6, 6.07) is 6.39. The molecule has 2 aromatic rings. The van der Waals surface area contributed by atoms with Gasteiger partial charge in [0.1, 0.15) is 5.82 Å². The van der Waals surface area contributed by atoms with Crippen LogP contribution in [0.4, 0.5) is 0 Å². The summed E-state index contributed by atoms with van der Waals surface area (Å²) < 4.78 is 0.978. The van der Waals surface area contributed by atoms with Crippen LogP contribution in [-0.2, 0) is 6.42 Å². The highest BCUT2D eigenvalue weighted by Gasteiger charge is 2.07. The Morgan fingerprint density at radius 3 is 2.90 bits per heavy atom. The molecule has 0 amide bonds. The smallest absolute Gasteiger partial charge is 0.106 e. The van der Waals surface area contributed by atoms with Crippen molar-refractivity contribution in [1.82, 2.24) is 15.3 Å². The van der Waals surface area contributed by atoms with Crippen molar-refractivity contribution in [3.8, 4) is 11.3 Å². The van der Waals surface area contributed by atoms with Gasteiger partial charge in [0, 0.05) is 22.5 Å². The number of aromatic amines is 1.